The maximum Gasteiger partial charge on any atom is 0.360 e. The molecule has 108 valence electrons. The average molecular weight is 277 g/mol. The Kier molecular flexibility index (Phi) is 3.83. The SMILES string of the molecule is CCOC(=O)c1nc(C)n(C(C)c2ccc(C)o2)c1N. The van der Waals surface area contributed by atoms with E-state index in [0.29, 0.717) is 11.6 Å². The third kappa shape index (κ3) is 2.41. The largest absolute Gasteiger partial charge is 0.464 e. The molecule has 0 aliphatic heterocycles. The van der Waals surface area contributed by atoms with Crippen LogP contribution in [0.1, 0.15) is 47.7 Å². The number of nitrogens with two attached hydrogens (primary N) is 1. The second-order valence-corrected chi connectivity index (χ2v) is 4.61. The maximum atomic E-state index is 11.8. The van der Waals surface area contributed by atoms with Crippen LogP contribution < -0.4 is 5.73 Å². The minimum absolute atomic E-state index is 0.139. The molecule has 2 rings (SSSR count). The molecular weight excluding hydrogens is 258 g/mol. The van der Waals surface area contributed by atoms with E-state index in [9.17, 15) is 4.79 Å². The summed E-state index contributed by atoms with van der Waals surface area (Å²) in [6.07, 6.45) is 0. The summed E-state index contributed by atoms with van der Waals surface area (Å²) in [5.74, 6) is 2.03. The molecule has 0 bridgehead atoms. The predicted octanol–water partition coefficient (Wildman–Crippen LogP) is 2.46. The lowest BCUT2D eigenvalue weighted by molar-refractivity contribution is 0.0521. The second kappa shape index (κ2) is 5.40. The van der Waals surface area contributed by atoms with E-state index in [1.165, 1.54) is 0 Å². The summed E-state index contributed by atoms with van der Waals surface area (Å²) in [6.45, 7) is 7.65. The van der Waals surface area contributed by atoms with Crippen molar-refractivity contribution >= 4 is 11.8 Å². The normalized spacial score (nSPS) is 12.4. The number of hydrogen-bond donors (Lipinski definition) is 1. The molecule has 0 saturated carbocycles. The maximum absolute atomic E-state index is 11.8. The van der Waals surface area contributed by atoms with Crippen molar-refractivity contribution in [3.05, 3.63) is 35.2 Å². The van der Waals surface area contributed by atoms with Crippen LogP contribution in [0.2, 0.25) is 0 Å². The molecule has 0 spiro atoms. The van der Waals surface area contributed by atoms with Gasteiger partial charge in [-0.25, -0.2) is 9.78 Å². The predicted molar refractivity (Wildman–Crippen MR) is 74.6 cm³/mol. The highest BCUT2D eigenvalue weighted by Crippen LogP contribution is 2.27. The number of esters is 1. The Hall–Kier alpha value is -2.24. The molecule has 0 aromatic carbocycles. The zero-order valence-electron chi connectivity index (χ0n) is 12.1. The molecule has 2 aromatic heterocycles. The molecule has 1 atom stereocenters. The van der Waals surface area contributed by atoms with Crippen LogP contribution in [0.25, 0.3) is 0 Å². The molecule has 0 amide bonds. The standard InChI is InChI=1S/C14H19N3O3/c1-5-19-14(18)12-13(15)17(10(4)16-12)9(3)11-7-6-8(2)20-11/h6-7,9H,5,15H2,1-4H3. The molecular formula is C14H19N3O3. The lowest BCUT2D eigenvalue weighted by atomic mass is 10.2. The Bertz CT molecular complexity index is 628. The van der Waals surface area contributed by atoms with Gasteiger partial charge in [-0.05, 0) is 39.8 Å². The van der Waals surface area contributed by atoms with Crippen molar-refractivity contribution in [2.45, 2.75) is 33.7 Å². The molecule has 2 N–H and O–H groups in total. The highest BCUT2D eigenvalue weighted by atomic mass is 16.5. The Morgan fingerprint density at radius 3 is 2.75 bits per heavy atom. The van der Waals surface area contributed by atoms with Crippen LogP contribution in [0.3, 0.4) is 0 Å². The minimum Gasteiger partial charge on any atom is -0.464 e. The van der Waals surface area contributed by atoms with Crippen LogP contribution in [0.5, 0.6) is 0 Å². The Morgan fingerprint density at radius 1 is 1.50 bits per heavy atom. The first-order valence-electron chi connectivity index (χ1n) is 6.53. The number of hydrogen-bond acceptors (Lipinski definition) is 5. The number of carbonyl (C=O) groups is 1. The number of nitrogen functional groups attached to an aromatic ring is 1. The third-order valence-electron chi connectivity index (χ3n) is 3.15. The number of anilines is 1. The quantitative estimate of drug-likeness (QED) is 0.868. The van der Waals surface area contributed by atoms with Gasteiger partial charge < -0.3 is 19.5 Å². The molecule has 0 aliphatic rings. The monoisotopic (exact) mass is 277 g/mol. The van der Waals surface area contributed by atoms with E-state index in [4.69, 9.17) is 14.9 Å². The van der Waals surface area contributed by atoms with E-state index < -0.39 is 5.97 Å². The van der Waals surface area contributed by atoms with Crippen molar-refractivity contribution in [3.8, 4) is 0 Å². The summed E-state index contributed by atoms with van der Waals surface area (Å²) in [6, 6.07) is 3.64. The van der Waals surface area contributed by atoms with Gasteiger partial charge in [-0.15, -0.1) is 0 Å². The molecule has 2 aromatic rings. The van der Waals surface area contributed by atoms with Gasteiger partial charge in [0.25, 0.3) is 0 Å². The fourth-order valence-corrected chi connectivity index (χ4v) is 2.21. The average Bonchev–Trinajstić information content (AvgIpc) is 2.94. The second-order valence-electron chi connectivity index (χ2n) is 4.61. The summed E-state index contributed by atoms with van der Waals surface area (Å²) < 4.78 is 12.3. The summed E-state index contributed by atoms with van der Waals surface area (Å²) in [4.78, 5) is 16.0. The highest BCUT2D eigenvalue weighted by molar-refractivity contribution is 5.92. The molecule has 0 saturated heterocycles. The fraction of sp³-hybridized carbons (Fsp3) is 0.429. The molecule has 2 heterocycles. The summed E-state index contributed by atoms with van der Waals surface area (Å²) in [7, 11) is 0. The number of furan rings is 1. The molecule has 0 aliphatic carbocycles. The number of ether oxygens (including phenoxy) is 1. The minimum atomic E-state index is -0.505. The van der Waals surface area contributed by atoms with Crippen LogP contribution in [0.15, 0.2) is 16.5 Å². The summed E-state index contributed by atoms with van der Waals surface area (Å²) >= 11 is 0. The first-order chi connectivity index (χ1) is 9.45. The van der Waals surface area contributed by atoms with Crippen LogP contribution >= 0.6 is 0 Å². The lowest BCUT2D eigenvalue weighted by Crippen LogP contribution is -2.13. The summed E-state index contributed by atoms with van der Waals surface area (Å²) in [5.41, 5.74) is 6.19. The van der Waals surface area contributed by atoms with Crippen molar-refractivity contribution in [1.82, 2.24) is 9.55 Å². The van der Waals surface area contributed by atoms with Gasteiger partial charge >= 0.3 is 5.97 Å². The third-order valence-corrected chi connectivity index (χ3v) is 3.15. The van der Waals surface area contributed by atoms with Gasteiger partial charge in [0.1, 0.15) is 23.2 Å². The van der Waals surface area contributed by atoms with Gasteiger partial charge in [0.2, 0.25) is 0 Å². The Labute approximate surface area is 117 Å². The number of imidazole rings is 1. The molecule has 1 unspecified atom stereocenters. The van der Waals surface area contributed by atoms with E-state index in [1.807, 2.05) is 26.0 Å². The van der Waals surface area contributed by atoms with E-state index >= 15 is 0 Å². The van der Waals surface area contributed by atoms with Crippen LogP contribution in [-0.4, -0.2) is 22.1 Å². The first kappa shape index (κ1) is 14.2. The zero-order valence-corrected chi connectivity index (χ0v) is 12.1. The lowest BCUT2D eigenvalue weighted by Gasteiger charge is -2.14. The number of aryl methyl sites for hydroxylation is 2. The fourth-order valence-electron chi connectivity index (χ4n) is 2.21. The topological polar surface area (TPSA) is 83.3 Å². The van der Waals surface area contributed by atoms with E-state index in [1.54, 1.807) is 18.4 Å². The van der Waals surface area contributed by atoms with Gasteiger partial charge in [-0.1, -0.05) is 0 Å². The van der Waals surface area contributed by atoms with E-state index in [-0.39, 0.29) is 18.3 Å². The number of carbonyl (C=O) groups excluding carboxylic acids is 1. The Morgan fingerprint density at radius 2 is 2.20 bits per heavy atom. The van der Waals surface area contributed by atoms with Crippen LogP contribution in [0.4, 0.5) is 5.82 Å². The van der Waals surface area contributed by atoms with E-state index in [0.717, 1.165) is 11.5 Å². The number of rotatable bonds is 4. The van der Waals surface area contributed by atoms with Crippen molar-refractivity contribution in [3.63, 3.8) is 0 Å². The number of aromatic nitrogens is 2. The van der Waals surface area contributed by atoms with Gasteiger partial charge in [0.15, 0.2) is 5.69 Å². The summed E-state index contributed by atoms with van der Waals surface area (Å²) in [5, 5.41) is 0. The van der Waals surface area contributed by atoms with Crippen LogP contribution in [0, 0.1) is 13.8 Å². The smallest absolute Gasteiger partial charge is 0.360 e. The first-order valence-corrected chi connectivity index (χ1v) is 6.53. The molecule has 0 radical (unpaired) electrons. The highest BCUT2D eigenvalue weighted by Gasteiger charge is 2.24. The number of nitrogens with zero attached hydrogens (tertiary/aromatic N) is 2. The van der Waals surface area contributed by atoms with Gasteiger partial charge in [-0.3, -0.25) is 0 Å². The van der Waals surface area contributed by atoms with Gasteiger partial charge in [-0.2, -0.15) is 0 Å². The van der Waals surface area contributed by atoms with Gasteiger partial charge in [0.05, 0.1) is 12.6 Å². The van der Waals surface area contributed by atoms with Gasteiger partial charge in [0, 0.05) is 0 Å². The Balaban J connectivity index is 2.40. The van der Waals surface area contributed by atoms with Crippen LogP contribution in [-0.2, 0) is 4.74 Å². The molecule has 6 heteroatoms. The van der Waals surface area contributed by atoms with Crippen molar-refractivity contribution in [2.75, 3.05) is 12.3 Å². The molecule has 6 nitrogen and oxygen atoms in total. The van der Waals surface area contributed by atoms with Crippen molar-refractivity contribution in [1.29, 1.82) is 0 Å². The van der Waals surface area contributed by atoms with Crippen molar-refractivity contribution < 1.29 is 13.9 Å². The molecule has 20 heavy (non-hydrogen) atoms. The van der Waals surface area contributed by atoms with E-state index in [2.05, 4.69) is 4.98 Å². The molecule has 0 fully saturated rings. The zero-order chi connectivity index (χ0) is 14.9. The van der Waals surface area contributed by atoms with Crippen molar-refractivity contribution in [2.24, 2.45) is 0 Å².